The van der Waals surface area contributed by atoms with Crippen molar-refractivity contribution in [3.63, 3.8) is 0 Å². The largest absolute Gasteiger partial charge is 0.315 e. The highest BCUT2D eigenvalue weighted by molar-refractivity contribution is 5.16. The number of nitrogens with one attached hydrogen (secondary N) is 1. The summed E-state index contributed by atoms with van der Waals surface area (Å²) in [5, 5.41) is 3.44. The van der Waals surface area contributed by atoms with Gasteiger partial charge in [0.1, 0.15) is 5.82 Å². The molecule has 1 aromatic carbocycles. The lowest BCUT2D eigenvalue weighted by Crippen LogP contribution is -2.36. The van der Waals surface area contributed by atoms with E-state index in [1.165, 1.54) is 38.4 Å². The van der Waals surface area contributed by atoms with E-state index in [0.29, 0.717) is 0 Å². The number of nitrogens with zero attached hydrogens (tertiary/aromatic N) is 1. The van der Waals surface area contributed by atoms with E-state index in [9.17, 15) is 4.39 Å². The molecule has 1 saturated heterocycles. The Balaban J connectivity index is 1.55. The Morgan fingerprint density at radius 3 is 2.72 bits per heavy atom. The zero-order chi connectivity index (χ0) is 12.6. The average Bonchev–Trinajstić information content (AvgIpc) is 2.40. The fraction of sp³-hybridized carbons (Fsp3) is 0.600. The molecule has 0 radical (unpaired) electrons. The number of benzene rings is 1. The standard InChI is InChI=1S/C15H23FN2/c16-15-6-4-5-14(13-15)7-8-17-9-12-18-10-2-1-3-11-18/h4-6,13,17H,1-3,7-12H2. The highest BCUT2D eigenvalue weighted by atomic mass is 19.1. The maximum absolute atomic E-state index is 13.0. The van der Waals surface area contributed by atoms with Crippen molar-refractivity contribution in [2.75, 3.05) is 32.7 Å². The lowest BCUT2D eigenvalue weighted by atomic mass is 10.1. The Bertz CT molecular complexity index is 348. The van der Waals surface area contributed by atoms with Crippen LogP contribution >= 0.6 is 0 Å². The molecule has 0 unspecified atom stereocenters. The van der Waals surface area contributed by atoms with Gasteiger partial charge in [-0.1, -0.05) is 18.6 Å². The summed E-state index contributed by atoms with van der Waals surface area (Å²) in [4.78, 5) is 2.53. The summed E-state index contributed by atoms with van der Waals surface area (Å²) in [5.74, 6) is -0.138. The topological polar surface area (TPSA) is 15.3 Å². The monoisotopic (exact) mass is 250 g/mol. The van der Waals surface area contributed by atoms with Gasteiger partial charge in [-0.3, -0.25) is 0 Å². The number of piperidine rings is 1. The molecule has 18 heavy (non-hydrogen) atoms. The summed E-state index contributed by atoms with van der Waals surface area (Å²) in [6.45, 7) is 5.62. The van der Waals surface area contributed by atoms with Crippen molar-refractivity contribution < 1.29 is 4.39 Å². The molecular weight excluding hydrogens is 227 g/mol. The summed E-state index contributed by atoms with van der Waals surface area (Å²) in [5.41, 5.74) is 1.07. The van der Waals surface area contributed by atoms with Crippen LogP contribution in [0.5, 0.6) is 0 Å². The van der Waals surface area contributed by atoms with Gasteiger partial charge in [-0.05, 0) is 56.6 Å². The molecule has 2 nitrogen and oxygen atoms in total. The minimum Gasteiger partial charge on any atom is -0.315 e. The minimum absolute atomic E-state index is 0.138. The summed E-state index contributed by atoms with van der Waals surface area (Å²) in [7, 11) is 0. The van der Waals surface area contributed by atoms with Crippen LogP contribution in [0.25, 0.3) is 0 Å². The second-order valence-electron chi connectivity index (χ2n) is 5.03. The zero-order valence-electron chi connectivity index (χ0n) is 11.0. The first-order chi connectivity index (χ1) is 8.84. The third-order valence-corrected chi connectivity index (χ3v) is 3.53. The lowest BCUT2D eigenvalue weighted by molar-refractivity contribution is 0.229. The van der Waals surface area contributed by atoms with E-state index in [4.69, 9.17) is 0 Å². The number of rotatable bonds is 6. The highest BCUT2D eigenvalue weighted by Crippen LogP contribution is 2.07. The van der Waals surface area contributed by atoms with Gasteiger partial charge in [-0.15, -0.1) is 0 Å². The molecule has 1 N–H and O–H groups in total. The van der Waals surface area contributed by atoms with Gasteiger partial charge in [-0.2, -0.15) is 0 Å². The van der Waals surface area contributed by atoms with E-state index in [1.54, 1.807) is 12.1 Å². The van der Waals surface area contributed by atoms with Crippen molar-refractivity contribution in [2.45, 2.75) is 25.7 Å². The summed E-state index contributed by atoms with van der Waals surface area (Å²) in [6, 6.07) is 6.87. The molecular formula is C15H23FN2. The van der Waals surface area contributed by atoms with Crippen molar-refractivity contribution in [2.24, 2.45) is 0 Å². The molecule has 1 fully saturated rings. The van der Waals surface area contributed by atoms with Gasteiger partial charge in [0.2, 0.25) is 0 Å². The Kier molecular flexibility index (Phi) is 5.62. The van der Waals surface area contributed by atoms with E-state index in [-0.39, 0.29) is 5.82 Å². The van der Waals surface area contributed by atoms with Crippen LogP contribution in [0.1, 0.15) is 24.8 Å². The predicted octanol–water partition coefficient (Wildman–Crippen LogP) is 2.44. The maximum atomic E-state index is 13.0. The van der Waals surface area contributed by atoms with Crippen molar-refractivity contribution in [1.82, 2.24) is 10.2 Å². The Morgan fingerprint density at radius 1 is 1.11 bits per heavy atom. The lowest BCUT2D eigenvalue weighted by Gasteiger charge is -2.26. The maximum Gasteiger partial charge on any atom is 0.123 e. The third-order valence-electron chi connectivity index (χ3n) is 3.53. The van der Waals surface area contributed by atoms with Crippen LogP contribution in [0.15, 0.2) is 24.3 Å². The molecule has 0 saturated carbocycles. The molecule has 3 heteroatoms. The van der Waals surface area contributed by atoms with Crippen molar-refractivity contribution in [3.05, 3.63) is 35.6 Å². The Labute approximate surface area is 109 Å². The van der Waals surface area contributed by atoms with Crippen LogP contribution in [-0.2, 0) is 6.42 Å². The summed E-state index contributed by atoms with van der Waals surface area (Å²) >= 11 is 0. The van der Waals surface area contributed by atoms with Crippen LogP contribution in [0.3, 0.4) is 0 Å². The van der Waals surface area contributed by atoms with E-state index < -0.39 is 0 Å². The normalized spacial score (nSPS) is 16.9. The molecule has 100 valence electrons. The SMILES string of the molecule is Fc1cccc(CCNCCN2CCCCC2)c1. The number of halogens is 1. The van der Waals surface area contributed by atoms with Gasteiger partial charge in [0.15, 0.2) is 0 Å². The molecule has 0 bridgehead atoms. The predicted molar refractivity (Wildman–Crippen MR) is 73.3 cm³/mol. The van der Waals surface area contributed by atoms with E-state index in [1.807, 2.05) is 6.07 Å². The number of likely N-dealkylation sites (tertiary alicyclic amines) is 1. The van der Waals surface area contributed by atoms with Crippen molar-refractivity contribution in [3.8, 4) is 0 Å². The van der Waals surface area contributed by atoms with Gasteiger partial charge in [0.05, 0.1) is 0 Å². The third kappa shape index (κ3) is 4.75. The van der Waals surface area contributed by atoms with Gasteiger partial charge >= 0.3 is 0 Å². The molecule has 0 amide bonds. The minimum atomic E-state index is -0.138. The molecule has 1 aliphatic heterocycles. The highest BCUT2D eigenvalue weighted by Gasteiger charge is 2.08. The number of hydrogen-bond acceptors (Lipinski definition) is 2. The van der Waals surface area contributed by atoms with Crippen LogP contribution < -0.4 is 5.32 Å². The molecule has 1 heterocycles. The van der Waals surface area contributed by atoms with Gasteiger partial charge in [-0.25, -0.2) is 4.39 Å². The van der Waals surface area contributed by atoms with Gasteiger partial charge in [0, 0.05) is 13.1 Å². The van der Waals surface area contributed by atoms with E-state index in [0.717, 1.165) is 31.6 Å². The van der Waals surface area contributed by atoms with Crippen LogP contribution in [0, 0.1) is 5.82 Å². The second-order valence-corrected chi connectivity index (χ2v) is 5.03. The van der Waals surface area contributed by atoms with Crippen molar-refractivity contribution >= 4 is 0 Å². The first-order valence-electron chi connectivity index (χ1n) is 7.02. The first kappa shape index (κ1) is 13.5. The molecule has 0 atom stereocenters. The van der Waals surface area contributed by atoms with E-state index >= 15 is 0 Å². The van der Waals surface area contributed by atoms with E-state index in [2.05, 4.69) is 10.2 Å². The fourth-order valence-corrected chi connectivity index (χ4v) is 2.47. The Morgan fingerprint density at radius 2 is 1.94 bits per heavy atom. The molecule has 0 aliphatic carbocycles. The quantitative estimate of drug-likeness (QED) is 0.780. The molecule has 1 aromatic rings. The average molecular weight is 250 g/mol. The summed E-state index contributed by atoms with van der Waals surface area (Å²) < 4.78 is 13.0. The van der Waals surface area contributed by atoms with Crippen LogP contribution in [-0.4, -0.2) is 37.6 Å². The molecule has 0 aromatic heterocycles. The molecule has 0 spiro atoms. The van der Waals surface area contributed by atoms with Gasteiger partial charge < -0.3 is 10.2 Å². The number of hydrogen-bond donors (Lipinski definition) is 1. The van der Waals surface area contributed by atoms with Gasteiger partial charge in [0.25, 0.3) is 0 Å². The second kappa shape index (κ2) is 7.49. The van der Waals surface area contributed by atoms with Crippen LogP contribution in [0.2, 0.25) is 0 Å². The smallest absolute Gasteiger partial charge is 0.123 e. The van der Waals surface area contributed by atoms with Crippen molar-refractivity contribution in [1.29, 1.82) is 0 Å². The zero-order valence-corrected chi connectivity index (χ0v) is 11.0. The Hall–Kier alpha value is -0.930. The van der Waals surface area contributed by atoms with Crippen LogP contribution in [0.4, 0.5) is 4.39 Å². The summed E-state index contributed by atoms with van der Waals surface area (Å²) in [6.07, 6.45) is 4.99. The molecule has 2 rings (SSSR count). The first-order valence-corrected chi connectivity index (χ1v) is 7.02. The molecule has 1 aliphatic rings. The fourth-order valence-electron chi connectivity index (χ4n) is 2.47.